The predicted molar refractivity (Wildman–Crippen MR) is 45.1 cm³/mol. The summed E-state index contributed by atoms with van der Waals surface area (Å²) in [6.07, 6.45) is 3.84. The fourth-order valence-electron chi connectivity index (χ4n) is 0.652. The van der Waals surface area contributed by atoms with Crippen LogP contribution in [-0.2, 0) is 0 Å². The minimum Gasteiger partial charge on any atom is -0.316 e. The zero-order chi connectivity index (χ0) is 8.15. The van der Waals surface area contributed by atoms with Gasteiger partial charge in [-0.3, -0.25) is 0 Å². The Bertz CT molecular complexity index is 108. The highest BCUT2D eigenvalue weighted by molar-refractivity contribution is 4.79. The summed E-state index contributed by atoms with van der Waals surface area (Å²) in [5.41, 5.74) is 0. The molecular weight excluding hydrogens is 124 g/mol. The van der Waals surface area contributed by atoms with Crippen LogP contribution in [-0.4, -0.2) is 11.1 Å². The lowest BCUT2D eigenvalue weighted by Gasteiger charge is -2.25. The Labute approximate surface area is 63.7 Å². The third-order valence-electron chi connectivity index (χ3n) is 1.76. The lowest BCUT2D eigenvalue weighted by Crippen LogP contribution is -2.37. The number of hydrogen-bond donors (Lipinski definition) is 1. The third-order valence-corrected chi connectivity index (χ3v) is 1.76. The first-order chi connectivity index (χ1) is 4.59. The van der Waals surface area contributed by atoms with E-state index >= 15 is 0 Å². The molecule has 0 saturated carbocycles. The molecule has 1 unspecified atom stereocenters. The van der Waals surface area contributed by atoms with E-state index in [1.807, 2.05) is 19.2 Å². The number of nitrogens with two attached hydrogens (primary N) is 1. The number of allylic oxidation sites excluding steroid dienone is 1. The van der Waals surface area contributed by atoms with Gasteiger partial charge in [0.05, 0.1) is 0 Å². The summed E-state index contributed by atoms with van der Waals surface area (Å²) in [5.74, 6) is 6.27. The second-order valence-electron chi connectivity index (χ2n) is 2.91. The molecule has 0 heterocycles. The van der Waals surface area contributed by atoms with Crippen molar-refractivity contribution in [2.45, 2.75) is 33.7 Å². The van der Waals surface area contributed by atoms with Gasteiger partial charge in [-0.1, -0.05) is 19.9 Å². The van der Waals surface area contributed by atoms with Gasteiger partial charge in [-0.2, -0.15) is 0 Å². The van der Waals surface area contributed by atoms with Crippen molar-refractivity contribution >= 4 is 0 Å². The molecule has 0 spiro atoms. The van der Waals surface area contributed by atoms with Gasteiger partial charge in [-0.15, -0.1) is 0 Å². The molecule has 0 amide bonds. The number of hydrogen-bond acceptors (Lipinski definition) is 2. The molecule has 0 saturated heterocycles. The summed E-state index contributed by atoms with van der Waals surface area (Å²) < 4.78 is 0. The van der Waals surface area contributed by atoms with Crippen LogP contribution in [0.5, 0.6) is 0 Å². The molecule has 0 fully saturated rings. The molecule has 0 aromatic heterocycles. The Morgan fingerprint density at radius 3 is 2.10 bits per heavy atom. The summed E-state index contributed by atoms with van der Waals surface area (Å²) in [5, 5.41) is 1.74. The molecule has 0 aliphatic heterocycles. The Morgan fingerprint density at radius 2 is 1.80 bits per heavy atom. The minimum absolute atomic E-state index is 0.413. The fourth-order valence-corrected chi connectivity index (χ4v) is 0.652. The van der Waals surface area contributed by atoms with E-state index in [-0.39, 0.29) is 0 Å². The van der Waals surface area contributed by atoms with Crippen LogP contribution in [0.25, 0.3) is 0 Å². The Balaban J connectivity index is 3.81. The van der Waals surface area contributed by atoms with Crippen molar-refractivity contribution in [3.05, 3.63) is 12.3 Å². The van der Waals surface area contributed by atoms with Gasteiger partial charge in [0, 0.05) is 12.2 Å². The predicted octanol–water partition coefficient (Wildman–Crippen LogP) is 1.74. The maximum absolute atomic E-state index is 5.68. The smallest absolute Gasteiger partial charge is 0.0440 e. The number of hydrazine groups is 1. The second kappa shape index (κ2) is 4.34. The average molecular weight is 142 g/mol. The van der Waals surface area contributed by atoms with Crippen molar-refractivity contribution in [2.24, 2.45) is 11.8 Å². The lowest BCUT2D eigenvalue weighted by molar-refractivity contribution is 0.242. The maximum atomic E-state index is 5.68. The standard InChI is InChI=1S/C8H18N2/c1-5-6-10(9)8(4)7(2)3/h5-8H,9H2,1-4H3/b6-5-. The van der Waals surface area contributed by atoms with Crippen molar-refractivity contribution < 1.29 is 0 Å². The van der Waals surface area contributed by atoms with Crippen molar-refractivity contribution in [3.63, 3.8) is 0 Å². The zero-order valence-electron chi connectivity index (χ0n) is 7.33. The summed E-state index contributed by atoms with van der Waals surface area (Å²) in [6.45, 7) is 8.40. The van der Waals surface area contributed by atoms with Crippen LogP contribution in [0.1, 0.15) is 27.7 Å². The highest BCUT2D eigenvalue weighted by atomic mass is 15.4. The van der Waals surface area contributed by atoms with Gasteiger partial charge in [0.15, 0.2) is 0 Å². The molecule has 0 bridgehead atoms. The lowest BCUT2D eigenvalue weighted by atomic mass is 10.1. The molecule has 0 aromatic rings. The Hall–Kier alpha value is -0.500. The minimum atomic E-state index is 0.413. The molecule has 1 atom stereocenters. The Kier molecular flexibility index (Phi) is 4.12. The van der Waals surface area contributed by atoms with E-state index in [0.29, 0.717) is 12.0 Å². The van der Waals surface area contributed by atoms with Crippen molar-refractivity contribution in [2.75, 3.05) is 0 Å². The van der Waals surface area contributed by atoms with E-state index in [2.05, 4.69) is 20.8 Å². The third kappa shape index (κ3) is 2.87. The van der Waals surface area contributed by atoms with Crippen LogP contribution in [0.15, 0.2) is 12.3 Å². The van der Waals surface area contributed by atoms with Gasteiger partial charge in [0.25, 0.3) is 0 Å². The second-order valence-corrected chi connectivity index (χ2v) is 2.91. The fraction of sp³-hybridized carbons (Fsp3) is 0.750. The van der Waals surface area contributed by atoms with Gasteiger partial charge in [0.2, 0.25) is 0 Å². The van der Waals surface area contributed by atoms with Crippen molar-refractivity contribution in [1.29, 1.82) is 0 Å². The molecule has 2 N–H and O–H groups in total. The molecular formula is C8H18N2. The molecule has 2 heteroatoms. The summed E-state index contributed by atoms with van der Waals surface area (Å²) in [7, 11) is 0. The molecule has 0 radical (unpaired) electrons. The van der Waals surface area contributed by atoms with Crippen molar-refractivity contribution in [3.8, 4) is 0 Å². The first-order valence-corrected chi connectivity index (χ1v) is 3.75. The van der Waals surface area contributed by atoms with E-state index in [1.165, 1.54) is 0 Å². The molecule has 0 aliphatic rings. The molecule has 0 aromatic carbocycles. The quantitative estimate of drug-likeness (QED) is 0.480. The van der Waals surface area contributed by atoms with E-state index in [1.54, 1.807) is 5.01 Å². The van der Waals surface area contributed by atoms with Gasteiger partial charge >= 0.3 is 0 Å². The summed E-state index contributed by atoms with van der Waals surface area (Å²) in [4.78, 5) is 0. The topological polar surface area (TPSA) is 29.3 Å². The first kappa shape index (κ1) is 9.50. The van der Waals surface area contributed by atoms with Gasteiger partial charge < -0.3 is 5.01 Å². The first-order valence-electron chi connectivity index (χ1n) is 3.75. The van der Waals surface area contributed by atoms with Crippen LogP contribution in [0.2, 0.25) is 0 Å². The maximum Gasteiger partial charge on any atom is 0.0440 e. The van der Waals surface area contributed by atoms with E-state index in [0.717, 1.165) is 0 Å². The normalized spacial score (nSPS) is 14.6. The molecule has 2 nitrogen and oxygen atoms in total. The molecule has 10 heavy (non-hydrogen) atoms. The largest absolute Gasteiger partial charge is 0.316 e. The highest BCUT2D eigenvalue weighted by Gasteiger charge is 2.09. The van der Waals surface area contributed by atoms with Crippen LogP contribution in [0.4, 0.5) is 0 Å². The SMILES string of the molecule is C/C=C\N(N)C(C)C(C)C. The zero-order valence-corrected chi connectivity index (χ0v) is 7.33. The summed E-state index contributed by atoms with van der Waals surface area (Å²) in [6, 6.07) is 0.413. The monoisotopic (exact) mass is 142 g/mol. The van der Waals surface area contributed by atoms with Crippen molar-refractivity contribution in [1.82, 2.24) is 5.01 Å². The molecule has 60 valence electrons. The van der Waals surface area contributed by atoms with Crippen LogP contribution in [0.3, 0.4) is 0 Å². The molecule has 0 aliphatic carbocycles. The number of nitrogens with zero attached hydrogens (tertiary/aromatic N) is 1. The van der Waals surface area contributed by atoms with Gasteiger partial charge in [-0.25, -0.2) is 5.84 Å². The van der Waals surface area contributed by atoms with Crippen LogP contribution < -0.4 is 5.84 Å². The highest BCUT2D eigenvalue weighted by Crippen LogP contribution is 2.05. The van der Waals surface area contributed by atoms with E-state index in [9.17, 15) is 0 Å². The molecule has 0 rings (SSSR count). The van der Waals surface area contributed by atoms with Gasteiger partial charge in [0.1, 0.15) is 0 Å². The summed E-state index contributed by atoms with van der Waals surface area (Å²) >= 11 is 0. The van der Waals surface area contributed by atoms with E-state index in [4.69, 9.17) is 5.84 Å². The Morgan fingerprint density at radius 1 is 1.30 bits per heavy atom. The van der Waals surface area contributed by atoms with E-state index < -0.39 is 0 Å². The average Bonchev–Trinajstić information content (AvgIpc) is 1.87. The van der Waals surface area contributed by atoms with Gasteiger partial charge in [-0.05, 0) is 19.8 Å². The van der Waals surface area contributed by atoms with Crippen LogP contribution >= 0.6 is 0 Å². The van der Waals surface area contributed by atoms with Crippen LogP contribution in [0, 0.1) is 5.92 Å². The number of rotatable bonds is 3.